The first-order valence-electron chi connectivity index (χ1n) is 12.4. The zero-order valence-corrected chi connectivity index (χ0v) is 21.6. The van der Waals surface area contributed by atoms with E-state index in [0.29, 0.717) is 51.9 Å². The molecule has 3 heterocycles. The molecule has 1 fully saturated rings. The lowest BCUT2D eigenvalue weighted by Crippen LogP contribution is -2.51. The van der Waals surface area contributed by atoms with E-state index in [-0.39, 0.29) is 5.91 Å². The molecule has 2 aliphatic rings. The molecule has 9 heteroatoms. The lowest BCUT2D eigenvalue weighted by molar-refractivity contribution is -0.151. The van der Waals surface area contributed by atoms with Gasteiger partial charge in [0.1, 0.15) is 6.10 Å². The van der Waals surface area contributed by atoms with Gasteiger partial charge in [-0.3, -0.25) is 9.69 Å². The maximum absolute atomic E-state index is 13.7. The van der Waals surface area contributed by atoms with Gasteiger partial charge in [-0.05, 0) is 30.5 Å². The van der Waals surface area contributed by atoms with E-state index >= 15 is 0 Å². The first-order valence-corrected chi connectivity index (χ1v) is 12.4. The van der Waals surface area contributed by atoms with Gasteiger partial charge in [0.05, 0.1) is 38.2 Å². The van der Waals surface area contributed by atoms with Gasteiger partial charge in [0, 0.05) is 46.2 Å². The van der Waals surface area contributed by atoms with Crippen molar-refractivity contribution in [2.24, 2.45) is 13.0 Å². The molecule has 1 aromatic carbocycles. The molecule has 192 valence electrons. The Morgan fingerprint density at radius 2 is 2.00 bits per heavy atom. The monoisotopic (exact) mass is 486 g/mol. The molecule has 35 heavy (non-hydrogen) atoms. The fraction of sp³-hybridized carbons (Fsp3) is 0.615. The summed E-state index contributed by atoms with van der Waals surface area (Å²) in [5.74, 6) is 2.62. The van der Waals surface area contributed by atoms with Gasteiger partial charge in [-0.1, -0.05) is 19.9 Å². The highest BCUT2D eigenvalue weighted by atomic mass is 16.5. The molecule has 1 amide bonds. The number of nitrogens with zero attached hydrogens (tertiary/aromatic N) is 4. The summed E-state index contributed by atoms with van der Waals surface area (Å²) in [5.41, 5.74) is 3.01. The van der Waals surface area contributed by atoms with Crippen molar-refractivity contribution in [2.45, 2.75) is 46.4 Å². The molecule has 0 bridgehead atoms. The van der Waals surface area contributed by atoms with Crippen LogP contribution in [0.4, 0.5) is 0 Å². The van der Waals surface area contributed by atoms with Gasteiger partial charge in [-0.15, -0.1) is 0 Å². The van der Waals surface area contributed by atoms with Crippen molar-refractivity contribution in [1.82, 2.24) is 19.6 Å². The Hall–Kier alpha value is -2.78. The highest BCUT2D eigenvalue weighted by Gasteiger charge is 2.32. The maximum atomic E-state index is 13.7. The van der Waals surface area contributed by atoms with Crippen LogP contribution in [-0.2, 0) is 29.7 Å². The number of ether oxygens (including phenoxy) is 4. The van der Waals surface area contributed by atoms with Crippen LogP contribution in [0.5, 0.6) is 17.4 Å². The standard InChI is InChI=1S/C26H38N4O5/c1-18(2)14-30(15-20-7-8-22-23(13-20)34-11-6-10-33-22)25(31)24-17-29(9-12-35-24)16-21-19(3)27-28(4)26(21)32-5/h7-8,13,18,24H,6,9-12,14-17H2,1-5H3. The average molecular weight is 487 g/mol. The molecular formula is C26H38N4O5. The Balaban J connectivity index is 1.46. The summed E-state index contributed by atoms with van der Waals surface area (Å²) in [6.45, 7) is 11.2. The second-order valence-corrected chi connectivity index (χ2v) is 9.74. The molecular weight excluding hydrogens is 448 g/mol. The Morgan fingerprint density at radius 3 is 2.74 bits per heavy atom. The Bertz CT molecular complexity index is 1020. The number of hydrogen-bond acceptors (Lipinski definition) is 7. The molecule has 9 nitrogen and oxygen atoms in total. The average Bonchev–Trinajstić information content (AvgIpc) is 2.98. The van der Waals surface area contributed by atoms with Crippen molar-refractivity contribution in [1.29, 1.82) is 0 Å². The highest BCUT2D eigenvalue weighted by Crippen LogP contribution is 2.31. The van der Waals surface area contributed by atoms with Crippen molar-refractivity contribution in [3.05, 3.63) is 35.0 Å². The number of hydrogen-bond donors (Lipinski definition) is 0. The number of aryl methyl sites for hydroxylation is 2. The molecule has 2 aliphatic heterocycles. The normalized spacial score (nSPS) is 18.4. The summed E-state index contributed by atoms with van der Waals surface area (Å²) in [7, 11) is 3.54. The molecule has 0 spiro atoms. The number of morpholine rings is 1. The van der Waals surface area contributed by atoms with E-state index in [2.05, 4.69) is 23.8 Å². The fourth-order valence-electron chi connectivity index (χ4n) is 4.74. The Morgan fingerprint density at radius 1 is 1.23 bits per heavy atom. The summed E-state index contributed by atoms with van der Waals surface area (Å²) < 4.78 is 24.9. The van der Waals surface area contributed by atoms with Crippen LogP contribution in [-0.4, -0.2) is 78.2 Å². The minimum absolute atomic E-state index is 0.0189. The number of fused-ring (bicyclic) bond motifs is 1. The zero-order valence-electron chi connectivity index (χ0n) is 21.6. The number of carbonyl (C=O) groups excluding carboxylic acids is 1. The van der Waals surface area contributed by atoms with Crippen LogP contribution in [0.25, 0.3) is 0 Å². The van der Waals surface area contributed by atoms with Gasteiger partial charge in [-0.2, -0.15) is 5.10 Å². The maximum Gasteiger partial charge on any atom is 0.253 e. The third-order valence-electron chi connectivity index (χ3n) is 6.37. The van der Waals surface area contributed by atoms with Gasteiger partial charge in [0.25, 0.3) is 5.91 Å². The molecule has 1 saturated heterocycles. The number of aromatic nitrogens is 2. The second kappa shape index (κ2) is 11.3. The van der Waals surface area contributed by atoms with Gasteiger partial charge >= 0.3 is 0 Å². The topological polar surface area (TPSA) is 78.3 Å². The first-order chi connectivity index (χ1) is 16.9. The van der Waals surface area contributed by atoms with Crippen LogP contribution in [0.15, 0.2) is 18.2 Å². The largest absolute Gasteiger partial charge is 0.490 e. The van der Waals surface area contributed by atoms with Gasteiger partial charge in [0.2, 0.25) is 5.88 Å². The fourth-order valence-corrected chi connectivity index (χ4v) is 4.74. The van der Waals surface area contributed by atoms with Crippen LogP contribution >= 0.6 is 0 Å². The molecule has 0 radical (unpaired) electrons. The van der Waals surface area contributed by atoms with Crippen molar-refractivity contribution in [3.63, 3.8) is 0 Å². The van der Waals surface area contributed by atoms with Crippen molar-refractivity contribution in [2.75, 3.05) is 46.6 Å². The lowest BCUT2D eigenvalue weighted by Gasteiger charge is -2.35. The smallest absolute Gasteiger partial charge is 0.253 e. The molecule has 2 aromatic rings. The quantitative estimate of drug-likeness (QED) is 0.568. The van der Waals surface area contributed by atoms with E-state index in [9.17, 15) is 4.79 Å². The number of methoxy groups -OCH3 is 1. The van der Waals surface area contributed by atoms with Gasteiger partial charge < -0.3 is 23.8 Å². The second-order valence-electron chi connectivity index (χ2n) is 9.74. The summed E-state index contributed by atoms with van der Waals surface area (Å²) in [5, 5.41) is 4.49. The predicted molar refractivity (Wildman–Crippen MR) is 132 cm³/mol. The summed E-state index contributed by atoms with van der Waals surface area (Å²) in [6.07, 6.45) is 0.355. The SMILES string of the molecule is COc1c(CN2CCOC(C(=O)N(Cc3ccc4c(c3)OCCCO4)CC(C)C)C2)c(C)nn1C. The van der Waals surface area contributed by atoms with E-state index in [1.807, 2.05) is 37.1 Å². The van der Waals surface area contributed by atoms with Crippen molar-refractivity contribution >= 4 is 5.91 Å². The Kier molecular flexibility index (Phi) is 8.18. The third kappa shape index (κ3) is 6.08. The summed E-state index contributed by atoms with van der Waals surface area (Å²) >= 11 is 0. The van der Waals surface area contributed by atoms with E-state index in [1.165, 1.54) is 0 Å². The molecule has 0 N–H and O–H groups in total. The zero-order chi connectivity index (χ0) is 24.9. The Labute approximate surface area is 207 Å². The first kappa shape index (κ1) is 25.3. The predicted octanol–water partition coefficient (Wildman–Crippen LogP) is 2.78. The van der Waals surface area contributed by atoms with Crippen LogP contribution in [0, 0.1) is 12.8 Å². The molecule has 1 aromatic heterocycles. The van der Waals surface area contributed by atoms with E-state index in [1.54, 1.807) is 11.8 Å². The molecule has 0 saturated carbocycles. The third-order valence-corrected chi connectivity index (χ3v) is 6.37. The van der Waals surface area contributed by atoms with Crippen LogP contribution < -0.4 is 14.2 Å². The minimum Gasteiger partial charge on any atom is -0.490 e. The number of benzene rings is 1. The van der Waals surface area contributed by atoms with Crippen molar-refractivity contribution < 1.29 is 23.7 Å². The van der Waals surface area contributed by atoms with Crippen LogP contribution in [0.3, 0.4) is 0 Å². The van der Waals surface area contributed by atoms with Crippen molar-refractivity contribution in [3.8, 4) is 17.4 Å². The number of rotatable bonds is 8. The van der Waals surface area contributed by atoms with E-state index in [0.717, 1.165) is 47.2 Å². The highest BCUT2D eigenvalue weighted by molar-refractivity contribution is 5.81. The number of amides is 1. The lowest BCUT2D eigenvalue weighted by atomic mass is 10.1. The van der Waals surface area contributed by atoms with Crippen LogP contribution in [0.2, 0.25) is 0 Å². The summed E-state index contributed by atoms with van der Waals surface area (Å²) in [4.78, 5) is 17.8. The minimum atomic E-state index is -0.508. The van der Waals surface area contributed by atoms with E-state index < -0.39 is 6.10 Å². The molecule has 1 atom stereocenters. The molecule has 4 rings (SSSR count). The summed E-state index contributed by atoms with van der Waals surface area (Å²) in [6, 6.07) is 5.95. The number of carbonyl (C=O) groups is 1. The van der Waals surface area contributed by atoms with Gasteiger partial charge in [0.15, 0.2) is 11.5 Å². The van der Waals surface area contributed by atoms with E-state index in [4.69, 9.17) is 18.9 Å². The van der Waals surface area contributed by atoms with Crippen LogP contribution in [0.1, 0.15) is 37.1 Å². The van der Waals surface area contributed by atoms with Gasteiger partial charge in [-0.25, -0.2) is 4.68 Å². The molecule has 0 aliphatic carbocycles. The molecule has 1 unspecified atom stereocenters.